The Morgan fingerprint density at radius 2 is 1.80 bits per heavy atom. The molecule has 164 valence electrons. The van der Waals surface area contributed by atoms with Gasteiger partial charge in [-0.3, -0.25) is 0 Å². The third-order valence-electron chi connectivity index (χ3n) is 5.01. The van der Waals surface area contributed by atoms with Gasteiger partial charge >= 0.3 is 0 Å². The maximum atomic E-state index is 6.61. The van der Waals surface area contributed by atoms with Crippen LogP contribution in [0.4, 0.5) is 0 Å². The molecule has 1 aromatic carbocycles. The summed E-state index contributed by atoms with van der Waals surface area (Å²) in [6.45, 7) is 10.4. The zero-order valence-corrected chi connectivity index (χ0v) is 20.3. The molecular formula is C23H31Cl3N4. The van der Waals surface area contributed by atoms with Gasteiger partial charge in [-0.15, -0.1) is 11.6 Å². The Bertz CT molecular complexity index is 839. The van der Waals surface area contributed by atoms with Gasteiger partial charge in [0.25, 0.3) is 0 Å². The highest BCUT2D eigenvalue weighted by Gasteiger charge is 2.33. The summed E-state index contributed by atoms with van der Waals surface area (Å²) in [5.74, 6) is 0.858. The molecule has 0 spiro atoms. The number of hydrogen-bond acceptors (Lipinski definition) is 4. The summed E-state index contributed by atoms with van der Waals surface area (Å²) in [6.07, 6.45) is 4.83. The molecule has 1 unspecified atom stereocenters. The van der Waals surface area contributed by atoms with Crippen molar-refractivity contribution in [1.82, 2.24) is 20.9 Å². The summed E-state index contributed by atoms with van der Waals surface area (Å²) in [6, 6.07) is 7.86. The zero-order valence-electron chi connectivity index (χ0n) is 18.1. The molecule has 1 aromatic rings. The van der Waals surface area contributed by atoms with Crippen LogP contribution < -0.4 is 16.0 Å². The number of alkyl halides is 1. The van der Waals surface area contributed by atoms with E-state index in [-0.39, 0.29) is 0 Å². The van der Waals surface area contributed by atoms with Gasteiger partial charge in [0.05, 0.1) is 5.70 Å². The maximum absolute atomic E-state index is 6.61. The zero-order chi connectivity index (χ0) is 22.3. The summed E-state index contributed by atoms with van der Waals surface area (Å²) in [5, 5.41) is 11.5. The van der Waals surface area contributed by atoms with E-state index < -0.39 is 4.87 Å². The molecule has 0 radical (unpaired) electrons. The minimum absolute atomic E-state index is 0.558. The highest BCUT2D eigenvalue weighted by Crippen LogP contribution is 2.39. The largest absolute Gasteiger partial charge is 0.384 e. The van der Waals surface area contributed by atoms with Crippen molar-refractivity contribution in [2.75, 3.05) is 27.2 Å². The fraction of sp³-hybridized carbons (Fsp3) is 0.391. The topological polar surface area (TPSA) is 39.3 Å². The van der Waals surface area contributed by atoms with Crippen molar-refractivity contribution in [3.8, 4) is 0 Å². The second kappa shape index (κ2) is 11.0. The molecule has 0 bridgehead atoms. The summed E-state index contributed by atoms with van der Waals surface area (Å²) >= 11 is 18.9. The highest BCUT2D eigenvalue weighted by molar-refractivity contribution is 6.41. The predicted molar refractivity (Wildman–Crippen MR) is 131 cm³/mol. The number of rotatable bonds is 11. The van der Waals surface area contributed by atoms with Crippen molar-refractivity contribution in [3.63, 3.8) is 0 Å². The van der Waals surface area contributed by atoms with Gasteiger partial charge in [-0.25, -0.2) is 0 Å². The number of allylic oxidation sites excluding steroid dienone is 3. The van der Waals surface area contributed by atoms with Gasteiger partial charge in [-0.1, -0.05) is 54.9 Å². The lowest BCUT2D eigenvalue weighted by molar-refractivity contribution is 0.399. The average Bonchev–Trinajstić information content (AvgIpc) is 2.97. The molecule has 0 saturated heterocycles. The Labute approximate surface area is 195 Å². The Balaban J connectivity index is 2.25. The molecule has 2 rings (SSSR count). The molecule has 30 heavy (non-hydrogen) atoms. The first-order valence-electron chi connectivity index (χ1n) is 10.0. The molecule has 0 amide bonds. The average molecular weight is 470 g/mol. The third kappa shape index (κ3) is 6.13. The number of halogens is 3. The van der Waals surface area contributed by atoms with Crippen LogP contribution in [0.2, 0.25) is 5.02 Å². The molecular weight excluding hydrogens is 439 g/mol. The molecule has 3 N–H and O–H groups in total. The number of likely N-dealkylation sites (N-methyl/N-ethyl adjacent to an activating group) is 1. The van der Waals surface area contributed by atoms with Gasteiger partial charge in [0, 0.05) is 43.8 Å². The quantitative estimate of drug-likeness (QED) is 0.303. The number of hydrogen-bond donors (Lipinski definition) is 3. The van der Waals surface area contributed by atoms with E-state index in [9.17, 15) is 0 Å². The van der Waals surface area contributed by atoms with Crippen molar-refractivity contribution >= 4 is 34.8 Å². The minimum Gasteiger partial charge on any atom is -0.384 e. The van der Waals surface area contributed by atoms with Gasteiger partial charge in [0.2, 0.25) is 0 Å². The monoisotopic (exact) mass is 468 g/mol. The Kier molecular flexibility index (Phi) is 9.02. The lowest BCUT2D eigenvalue weighted by Crippen LogP contribution is -2.36. The van der Waals surface area contributed by atoms with Crippen molar-refractivity contribution < 1.29 is 0 Å². The van der Waals surface area contributed by atoms with Crippen molar-refractivity contribution in [3.05, 3.63) is 81.4 Å². The smallest absolute Gasteiger partial charge is 0.125 e. The van der Waals surface area contributed by atoms with Gasteiger partial charge in [-0.05, 0) is 42.7 Å². The maximum Gasteiger partial charge on any atom is 0.125 e. The van der Waals surface area contributed by atoms with E-state index in [2.05, 4.69) is 34.4 Å². The van der Waals surface area contributed by atoms with E-state index in [4.69, 9.17) is 34.8 Å². The number of nitrogens with zero attached hydrogens (tertiary/aromatic N) is 1. The van der Waals surface area contributed by atoms with E-state index in [0.717, 1.165) is 46.3 Å². The van der Waals surface area contributed by atoms with Crippen LogP contribution in [-0.2, 0) is 6.54 Å². The molecule has 1 atom stereocenters. The summed E-state index contributed by atoms with van der Waals surface area (Å²) in [7, 11) is 3.93. The van der Waals surface area contributed by atoms with Crippen molar-refractivity contribution in [2.45, 2.75) is 31.7 Å². The van der Waals surface area contributed by atoms with Crippen LogP contribution in [0, 0.1) is 0 Å². The van der Waals surface area contributed by atoms with Gasteiger partial charge in [0.1, 0.15) is 16.4 Å². The van der Waals surface area contributed by atoms with Crippen LogP contribution in [0.15, 0.2) is 70.8 Å². The lowest BCUT2D eigenvalue weighted by Gasteiger charge is -2.29. The van der Waals surface area contributed by atoms with Gasteiger partial charge in [-0.2, -0.15) is 0 Å². The molecule has 0 fully saturated rings. The molecule has 0 saturated carbocycles. The first kappa shape index (κ1) is 24.5. The van der Waals surface area contributed by atoms with Crippen LogP contribution >= 0.6 is 34.8 Å². The third-order valence-corrected chi connectivity index (χ3v) is 6.31. The van der Waals surface area contributed by atoms with E-state index in [1.54, 1.807) is 0 Å². The van der Waals surface area contributed by atoms with Crippen molar-refractivity contribution in [2.24, 2.45) is 0 Å². The fourth-order valence-electron chi connectivity index (χ4n) is 3.21. The second-order valence-corrected chi connectivity index (χ2v) is 9.02. The van der Waals surface area contributed by atoms with Gasteiger partial charge < -0.3 is 20.9 Å². The predicted octanol–water partition coefficient (Wildman–Crippen LogP) is 5.32. The molecule has 1 aliphatic rings. The molecule has 4 nitrogen and oxygen atoms in total. The molecule has 7 heteroatoms. The lowest BCUT2D eigenvalue weighted by atomic mass is 10.0. The van der Waals surface area contributed by atoms with E-state index in [1.807, 2.05) is 57.4 Å². The fourth-order valence-corrected chi connectivity index (χ4v) is 3.72. The minimum atomic E-state index is -0.680. The Morgan fingerprint density at radius 1 is 1.13 bits per heavy atom. The number of nitrogens with one attached hydrogen (secondary N) is 3. The molecule has 0 aromatic heterocycles. The molecule has 1 aliphatic carbocycles. The standard InChI is InChI=1S/C23H31Cl3N4/c1-6-13-28-16(2)21(30(5)15-17-7-10-19(24)11-8-17)22(27-4)29-14-18-9-12-20(25)23(18,3)26/h7-12,27-29H,2,6,13-15H2,1,3-5H3/b22-21-. The summed E-state index contributed by atoms with van der Waals surface area (Å²) in [5.41, 5.74) is 3.96. The second-order valence-electron chi connectivity index (χ2n) is 7.42. The van der Waals surface area contributed by atoms with E-state index in [0.29, 0.717) is 18.1 Å². The first-order chi connectivity index (χ1) is 14.2. The highest BCUT2D eigenvalue weighted by atomic mass is 35.5. The van der Waals surface area contributed by atoms with Crippen LogP contribution in [0.5, 0.6) is 0 Å². The summed E-state index contributed by atoms with van der Waals surface area (Å²) in [4.78, 5) is 1.47. The SMILES string of the molecule is C=C(NCCC)/C(=C(\NC)NCC1=CC=C(Cl)C1(C)Cl)N(C)Cc1ccc(Cl)cc1. The van der Waals surface area contributed by atoms with Gasteiger partial charge in [0.15, 0.2) is 0 Å². The van der Waals surface area contributed by atoms with Crippen LogP contribution in [0.1, 0.15) is 25.8 Å². The van der Waals surface area contributed by atoms with E-state index >= 15 is 0 Å². The van der Waals surface area contributed by atoms with Crippen molar-refractivity contribution in [1.29, 1.82) is 0 Å². The van der Waals surface area contributed by atoms with Crippen LogP contribution in [0.25, 0.3) is 0 Å². The number of benzene rings is 1. The van der Waals surface area contributed by atoms with E-state index in [1.165, 1.54) is 0 Å². The first-order valence-corrected chi connectivity index (χ1v) is 11.1. The molecule has 0 heterocycles. The van der Waals surface area contributed by atoms with Crippen LogP contribution in [-0.4, -0.2) is 37.0 Å². The normalized spacial score (nSPS) is 18.9. The van der Waals surface area contributed by atoms with Crippen LogP contribution in [0.3, 0.4) is 0 Å². The Hall–Kier alpha value is -1.75. The molecule has 0 aliphatic heterocycles. The summed E-state index contributed by atoms with van der Waals surface area (Å²) < 4.78 is 0. The Morgan fingerprint density at radius 3 is 2.33 bits per heavy atom.